The molecule has 3 atom stereocenters. The second kappa shape index (κ2) is 9.04. The fourth-order valence-corrected chi connectivity index (χ4v) is 8.35. The van der Waals surface area contributed by atoms with Crippen molar-refractivity contribution in [2.24, 2.45) is 5.92 Å². The van der Waals surface area contributed by atoms with Crippen LogP contribution in [0.15, 0.2) is 41.3 Å². The predicted molar refractivity (Wildman–Crippen MR) is 124 cm³/mol. The molecule has 1 unspecified atom stereocenters. The van der Waals surface area contributed by atoms with Crippen LogP contribution in [0.2, 0.25) is 5.02 Å². The minimum Gasteiger partial charge on any atom is -0.490 e. The van der Waals surface area contributed by atoms with Crippen molar-refractivity contribution in [2.45, 2.75) is 47.7 Å². The van der Waals surface area contributed by atoms with Gasteiger partial charge in [0, 0.05) is 17.5 Å². The summed E-state index contributed by atoms with van der Waals surface area (Å²) in [5, 5.41) is -0.296. The SMILES string of the molecule is CC(C)S(=O)(=O)CC[C@H]1OCCC2(S(=O)(=O)c3ccc(Cl)cc3)c3c(F)ccc(F)c3OC[C@H]12. The zero-order valence-corrected chi connectivity index (χ0v) is 21.0. The van der Waals surface area contributed by atoms with Crippen molar-refractivity contribution in [1.29, 1.82) is 0 Å². The van der Waals surface area contributed by atoms with E-state index in [0.29, 0.717) is 5.02 Å². The van der Waals surface area contributed by atoms with Crippen LogP contribution in [0.25, 0.3) is 0 Å². The average molecular weight is 535 g/mol. The highest BCUT2D eigenvalue weighted by Crippen LogP contribution is 2.55. The van der Waals surface area contributed by atoms with E-state index in [2.05, 4.69) is 0 Å². The molecule has 0 radical (unpaired) electrons. The van der Waals surface area contributed by atoms with Crippen LogP contribution in [-0.2, 0) is 29.2 Å². The average Bonchev–Trinajstić information content (AvgIpc) is 2.79. The Morgan fingerprint density at radius 1 is 1.06 bits per heavy atom. The molecule has 2 aromatic rings. The molecule has 2 aliphatic rings. The molecular weight excluding hydrogens is 510 g/mol. The van der Waals surface area contributed by atoms with E-state index in [1.807, 2.05) is 0 Å². The van der Waals surface area contributed by atoms with Crippen LogP contribution in [0.1, 0.15) is 32.3 Å². The first-order valence-corrected chi connectivity index (χ1v) is 14.4. The lowest BCUT2D eigenvalue weighted by Gasteiger charge is -2.50. The normalized spacial score (nSPS) is 24.9. The van der Waals surface area contributed by atoms with Crippen molar-refractivity contribution in [3.05, 3.63) is 58.6 Å². The number of hydrogen-bond donors (Lipinski definition) is 0. The fraction of sp³-hybridized carbons (Fsp3) is 0.478. The van der Waals surface area contributed by atoms with Gasteiger partial charge in [-0.05, 0) is 63.1 Å². The zero-order valence-electron chi connectivity index (χ0n) is 18.6. The third-order valence-electron chi connectivity index (χ3n) is 6.75. The molecule has 0 N–H and O–H groups in total. The van der Waals surface area contributed by atoms with E-state index >= 15 is 4.39 Å². The first kappa shape index (κ1) is 25.3. The summed E-state index contributed by atoms with van der Waals surface area (Å²) in [6.07, 6.45) is -1.01. The Morgan fingerprint density at radius 2 is 1.71 bits per heavy atom. The lowest BCUT2D eigenvalue weighted by molar-refractivity contribution is -0.0732. The summed E-state index contributed by atoms with van der Waals surface area (Å²) >= 11 is 5.94. The molecule has 0 aromatic heterocycles. The molecule has 0 spiro atoms. The first-order chi connectivity index (χ1) is 15.9. The van der Waals surface area contributed by atoms with E-state index in [4.69, 9.17) is 21.1 Å². The van der Waals surface area contributed by atoms with Crippen molar-refractivity contribution in [3.63, 3.8) is 0 Å². The number of hydrogen-bond acceptors (Lipinski definition) is 6. The van der Waals surface area contributed by atoms with Gasteiger partial charge in [0.1, 0.15) is 10.6 Å². The van der Waals surface area contributed by atoms with Gasteiger partial charge in [-0.3, -0.25) is 0 Å². The van der Waals surface area contributed by atoms with Gasteiger partial charge in [0.05, 0.1) is 34.2 Å². The lowest BCUT2D eigenvalue weighted by Crippen LogP contribution is -2.57. The highest BCUT2D eigenvalue weighted by molar-refractivity contribution is 7.92. The van der Waals surface area contributed by atoms with Gasteiger partial charge in [0.15, 0.2) is 31.2 Å². The summed E-state index contributed by atoms with van der Waals surface area (Å²) in [4.78, 5) is -0.103. The maximum atomic E-state index is 15.3. The topological polar surface area (TPSA) is 86.7 Å². The second-order valence-electron chi connectivity index (χ2n) is 8.86. The number of sulfone groups is 2. The number of ether oxygens (including phenoxy) is 2. The monoisotopic (exact) mass is 534 g/mol. The van der Waals surface area contributed by atoms with E-state index in [1.165, 1.54) is 24.3 Å². The summed E-state index contributed by atoms with van der Waals surface area (Å²) in [7, 11) is -7.77. The third kappa shape index (κ3) is 4.02. The van der Waals surface area contributed by atoms with Gasteiger partial charge in [-0.25, -0.2) is 25.6 Å². The lowest BCUT2D eigenvalue weighted by atomic mass is 9.75. The van der Waals surface area contributed by atoms with Gasteiger partial charge in [0.25, 0.3) is 0 Å². The Labute approximate surface area is 203 Å². The maximum absolute atomic E-state index is 15.3. The quantitative estimate of drug-likeness (QED) is 0.549. The minimum absolute atomic E-state index is 0.00129. The van der Waals surface area contributed by atoms with Gasteiger partial charge >= 0.3 is 0 Å². The van der Waals surface area contributed by atoms with Crippen LogP contribution in [0, 0.1) is 17.6 Å². The van der Waals surface area contributed by atoms with Crippen LogP contribution in [0.5, 0.6) is 5.75 Å². The number of halogens is 3. The largest absolute Gasteiger partial charge is 0.490 e. The molecule has 0 saturated carbocycles. The highest BCUT2D eigenvalue weighted by atomic mass is 35.5. The van der Waals surface area contributed by atoms with E-state index in [9.17, 15) is 21.2 Å². The van der Waals surface area contributed by atoms with Gasteiger partial charge in [-0.15, -0.1) is 0 Å². The molecule has 186 valence electrons. The zero-order chi connectivity index (χ0) is 24.9. The molecule has 1 saturated heterocycles. The number of fused-ring (bicyclic) bond motifs is 3. The van der Waals surface area contributed by atoms with E-state index in [-0.39, 0.29) is 42.3 Å². The smallest absolute Gasteiger partial charge is 0.189 e. The molecule has 34 heavy (non-hydrogen) atoms. The predicted octanol–water partition coefficient (Wildman–Crippen LogP) is 4.30. The Bertz CT molecular complexity index is 1300. The third-order valence-corrected chi connectivity index (χ3v) is 11.8. The maximum Gasteiger partial charge on any atom is 0.189 e. The Kier molecular flexibility index (Phi) is 6.74. The molecule has 2 heterocycles. The molecule has 6 nitrogen and oxygen atoms in total. The van der Waals surface area contributed by atoms with Crippen molar-refractivity contribution < 1.29 is 35.1 Å². The van der Waals surface area contributed by atoms with Crippen molar-refractivity contribution in [2.75, 3.05) is 19.0 Å². The number of rotatable bonds is 6. The summed E-state index contributed by atoms with van der Waals surface area (Å²) in [5.74, 6) is -3.42. The van der Waals surface area contributed by atoms with E-state index < -0.39 is 59.1 Å². The van der Waals surface area contributed by atoms with Crippen LogP contribution in [-0.4, -0.2) is 47.2 Å². The van der Waals surface area contributed by atoms with Gasteiger partial charge < -0.3 is 9.47 Å². The van der Waals surface area contributed by atoms with Crippen molar-refractivity contribution >= 4 is 31.3 Å². The van der Waals surface area contributed by atoms with Crippen LogP contribution in [0.4, 0.5) is 8.78 Å². The molecule has 2 aromatic carbocycles. The number of benzene rings is 2. The van der Waals surface area contributed by atoms with Crippen LogP contribution in [0.3, 0.4) is 0 Å². The molecule has 1 fully saturated rings. The first-order valence-electron chi connectivity index (χ1n) is 10.9. The van der Waals surface area contributed by atoms with Crippen molar-refractivity contribution in [1.82, 2.24) is 0 Å². The minimum atomic E-state index is -4.33. The molecule has 4 rings (SSSR count). The molecule has 0 bridgehead atoms. The molecular formula is C23H25ClF2O6S2. The Morgan fingerprint density at radius 3 is 2.35 bits per heavy atom. The molecule has 0 amide bonds. The summed E-state index contributed by atoms with van der Waals surface area (Å²) in [6.45, 7) is 2.77. The summed E-state index contributed by atoms with van der Waals surface area (Å²) in [6, 6.07) is 7.24. The van der Waals surface area contributed by atoms with Crippen LogP contribution < -0.4 is 4.74 Å². The summed E-state index contributed by atoms with van der Waals surface area (Å²) in [5.41, 5.74) is -0.376. The highest BCUT2D eigenvalue weighted by Gasteiger charge is 2.61. The molecule has 0 aliphatic carbocycles. The second-order valence-corrected chi connectivity index (χ2v) is 14.2. The van der Waals surface area contributed by atoms with E-state index in [1.54, 1.807) is 13.8 Å². The molecule has 2 aliphatic heterocycles. The fourth-order valence-electron chi connectivity index (χ4n) is 4.85. The van der Waals surface area contributed by atoms with Gasteiger partial charge in [0.2, 0.25) is 0 Å². The summed E-state index contributed by atoms with van der Waals surface area (Å²) < 4.78 is 92.7. The van der Waals surface area contributed by atoms with Gasteiger partial charge in [-0.1, -0.05) is 11.6 Å². The standard InChI is InChI=1S/C23H25ClF2O6S2/c1-14(2)33(27,28)12-9-20-17-13-32-22-19(26)8-7-18(25)21(22)23(17,10-11-31-20)34(29,30)16-5-3-15(24)4-6-16/h3-8,14,17,20H,9-13H2,1-2H3/t17-,20-,23?/m1/s1. The Balaban J connectivity index is 1.90. The molecule has 11 heteroatoms. The Hall–Kier alpha value is -1.75. The van der Waals surface area contributed by atoms with E-state index in [0.717, 1.165) is 12.1 Å². The van der Waals surface area contributed by atoms with Gasteiger partial charge in [-0.2, -0.15) is 0 Å². The van der Waals surface area contributed by atoms with Crippen LogP contribution >= 0.6 is 11.6 Å². The van der Waals surface area contributed by atoms with Crippen molar-refractivity contribution in [3.8, 4) is 5.75 Å².